The highest BCUT2D eigenvalue weighted by Crippen LogP contribution is 1.91. The van der Waals surface area contributed by atoms with E-state index in [1.807, 2.05) is 0 Å². The van der Waals surface area contributed by atoms with E-state index in [1.54, 1.807) is 6.92 Å². The van der Waals surface area contributed by atoms with Crippen molar-refractivity contribution in [1.29, 1.82) is 0 Å². The lowest BCUT2D eigenvalue weighted by Gasteiger charge is -2.12. The first-order valence-electron chi connectivity index (χ1n) is 2.91. The second-order valence-electron chi connectivity index (χ2n) is 1.84. The van der Waals surface area contributed by atoms with E-state index in [0.717, 1.165) is 6.26 Å². The lowest BCUT2D eigenvalue weighted by Crippen LogP contribution is -2.28. The van der Waals surface area contributed by atoms with Crippen molar-refractivity contribution in [1.82, 2.24) is 4.31 Å². The molecule has 0 saturated heterocycles. The maximum absolute atomic E-state index is 10.8. The van der Waals surface area contributed by atoms with E-state index in [-0.39, 0.29) is 0 Å². The Morgan fingerprint density at radius 3 is 2.20 bits per heavy atom. The zero-order valence-electron chi connectivity index (χ0n) is 6.40. The third kappa shape index (κ3) is 2.82. The second-order valence-corrected chi connectivity index (χ2v) is 3.78. The SMILES string of the molecule is CCN(C=NC)S(C)(=O)=O. The number of aliphatic imine (C=N–C) groups is 1. The van der Waals surface area contributed by atoms with Crippen LogP contribution in [0, 0.1) is 0 Å². The quantitative estimate of drug-likeness (QED) is 0.433. The molecule has 4 nitrogen and oxygen atoms in total. The van der Waals surface area contributed by atoms with Crippen LogP contribution in [0.2, 0.25) is 0 Å². The molecule has 0 amide bonds. The number of rotatable bonds is 3. The zero-order valence-corrected chi connectivity index (χ0v) is 7.22. The highest BCUT2D eigenvalue weighted by Gasteiger charge is 2.08. The third-order valence-electron chi connectivity index (χ3n) is 0.982. The van der Waals surface area contributed by atoms with Gasteiger partial charge in [-0.3, -0.25) is 9.30 Å². The van der Waals surface area contributed by atoms with E-state index in [2.05, 4.69) is 4.99 Å². The van der Waals surface area contributed by atoms with Crippen LogP contribution in [0.3, 0.4) is 0 Å². The van der Waals surface area contributed by atoms with Gasteiger partial charge in [0.15, 0.2) is 0 Å². The van der Waals surface area contributed by atoms with Gasteiger partial charge in [0.2, 0.25) is 10.0 Å². The molecule has 0 atom stereocenters. The van der Waals surface area contributed by atoms with Crippen molar-refractivity contribution in [3.63, 3.8) is 0 Å². The van der Waals surface area contributed by atoms with Crippen LogP contribution in [0.4, 0.5) is 0 Å². The zero-order chi connectivity index (χ0) is 8.20. The highest BCUT2D eigenvalue weighted by molar-refractivity contribution is 7.88. The third-order valence-corrected chi connectivity index (χ3v) is 2.19. The monoisotopic (exact) mass is 164 g/mol. The summed E-state index contributed by atoms with van der Waals surface area (Å²) >= 11 is 0. The average molecular weight is 164 g/mol. The van der Waals surface area contributed by atoms with Crippen molar-refractivity contribution in [3.8, 4) is 0 Å². The smallest absolute Gasteiger partial charge is 0.232 e. The molecule has 0 aliphatic heterocycles. The molecule has 0 rings (SSSR count). The summed E-state index contributed by atoms with van der Waals surface area (Å²) in [6.45, 7) is 2.18. The fourth-order valence-electron chi connectivity index (χ4n) is 0.531. The van der Waals surface area contributed by atoms with Crippen LogP contribution in [-0.4, -0.2) is 38.9 Å². The Morgan fingerprint density at radius 1 is 1.60 bits per heavy atom. The maximum atomic E-state index is 10.8. The summed E-state index contributed by atoms with van der Waals surface area (Å²) in [5.41, 5.74) is 0. The average Bonchev–Trinajstić information content (AvgIpc) is 1.80. The van der Waals surface area contributed by atoms with Gasteiger partial charge in [-0.1, -0.05) is 0 Å². The van der Waals surface area contributed by atoms with Crippen LogP contribution < -0.4 is 0 Å². The van der Waals surface area contributed by atoms with Crippen molar-refractivity contribution in [2.24, 2.45) is 4.99 Å². The molecule has 0 aromatic heterocycles. The molecule has 0 spiro atoms. The lowest BCUT2D eigenvalue weighted by atomic mass is 10.8. The molecule has 0 aromatic rings. The molecule has 0 aliphatic carbocycles. The first-order valence-corrected chi connectivity index (χ1v) is 4.76. The van der Waals surface area contributed by atoms with Gasteiger partial charge in [0, 0.05) is 13.6 Å². The molecule has 10 heavy (non-hydrogen) atoms. The van der Waals surface area contributed by atoms with Crippen LogP contribution >= 0.6 is 0 Å². The van der Waals surface area contributed by atoms with E-state index in [0.29, 0.717) is 6.54 Å². The number of nitrogens with zero attached hydrogens (tertiary/aromatic N) is 2. The first kappa shape index (κ1) is 9.42. The number of hydrogen-bond donors (Lipinski definition) is 0. The van der Waals surface area contributed by atoms with Crippen molar-refractivity contribution in [2.45, 2.75) is 6.92 Å². The van der Waals surface area contributed by atoms with E-state index >= 15 is 0 Å². The Balaban J connectivity index is 4.38. The maximum Gasteiger partial charge on any atom is 0.232 e. The van der Waals surface area contributed by atoms with Crippen LogP contribution in [0.25, 0.3) is 0 Å². The van der Waals surface area contributed by atoms with Crippen molar-refractivity contribution >= 4 is 16.4 Å². The number of sulfonamides is 1. The van der Waals surface area contributed by atoms with Gasteiger partial charge in [0.25, 0.3) is 0 Å². The topological polar surface area (TPSA) is 49.7 Å². The summed E-state index contributed by atoms with van der Waals surface area (Å²) in [5.74, 6) is 0. The fraction of sp³-hybridized carbons (Fsp3) is 0.800. The Labute approximate surface area is 61.6 Å². The molecule has 5 heteroatoms. The lowest BCUT2D eigenvalue weighted by molar-refractivity contribution is 0.543. The standard InChI is InChI=1S/C5H12N2O2S/c1-4-7(5-6-2)10(3,8)9/h5H,4H2,1-3H3. The molecule has 0 aliphatic rings. The van der Waals surface area contributed by atoms with Crippen LogP contribution in [-0.2, 0) is 10.0 Å². The van der Waals surface area contributed by atoms with Gasteiger partial charge in [0.05, 0.1) is 12.6 Å². The highest BCUT2D eigenvalue weighted by atomic mass is 32.2. The van der Waals surface area contributed by atoms with E-state index < -0.39 is 10.0 Å². The first-order chi connectivity index (χ1) is 4.52. The second kappa shape index (κ2) is 3.55. The van der Waals surface area contributed by atoms with Crippen LogP contribution in [0.5, 0.6) is 0 Å². The molecule has 0 radical (unpaired) electrons. The molecule has 0 N–H and O–H groups in total. The van der Waals surface area contributed by atoms with Gasteiger partial charge < -0.3 is 0 Å². The molecule has 0 bridgehead atoms. The van der Waals surface area contributed by atoms with Crippen molar-refractivity contribution in [3.05, 3.63) is 0 Å². The van der Waals surface area contributed by atoms with Crippen LogP contribution in [0.1, 0.15) is 6.92 Å². The molecule has 0 saturated carbocycles. The number of hydrogen-bond acceptors (Lipinski definition) is 3. The van der Waals surface area contributed by atoms with Gasteiger partial charge in [0.1, 0.15) is 0 Å². The van der Waals surface area contributed by atoms with Crippen LogP contribution in [0.15, 0.2) is 4.99 Å². The van der Waals surface area contributed by atoms with Gasteiger partial charge in [-0.05, 0) is 6.92 Å². The van der Waals surface area contributed by atoms with E-state index in [4.69, 9.17) is 0 Å². The van der Waals surface area contributed by atoms with Gasteiger partial charge in [-0.15, -0.1) is 0 Å². The minimum atomic E-state index is -3.09. The summed E-state index contributed by atoms with van der Waals surface area (Å²) in [6, 6.07) is 0. The molecule has 0 heterocycles. The van der Waals surface area contributed by atoms with E-state index in [9.17, 15) is 8.42 Å². The summed E-state index contributed by atoms with van der Waals surface area (Å²) in [4.78, 5) is 3.60. The molecule has 60 valence electrons. The van der Waals surface area contributed by atoms with Gasteiger partial charge >= 0.3 is 0 Å². The molecule has 0 fully saturated rings. The van der Waals surface area contributed by atoms with Crippen molar-refractivity contribution < 1.29 is 8.42 Å². The Bertz CT molecular complexity index is 208. The molecular weight excluding hydrogens is 152 g/mol. The Kier molecular flexibility index (Phi) is 3.35. The summed E-state index contributed by atoms with van der Waals surface area (Å²) in [7, 11) is -1.56. The van der Waals surface area contributed by atoms with E-state index in [1.165, 1.54) is 17.7 Å². The minimum Gasteiger partial charge on any atom is -0.278 e. The minimum absolute atomic E-state index is 0.427. The molecule has 0 aromatic carbocycles. The Morgan fingerprint density at radius 2 is 2.10 bits per heavy atom. The summed E-state index contributed by atoms with van der Waals surface area (Å²) < 4.78 is 22.7. The van der Waals surface area contributed by atoms with Gasteiger partial charge in [-0.25, -0.2) is 8.42 Å². The largest absolute Gasteiger partial charge is 0.278 e. The predicted octanol–water partition coefficient (Wildman–Crippen LogP) is -0.0740. The molecule has 0 unspecified atom stereocenters. The molecular formula is C5H12N2O2S. The summed E-state index contributed by atoms with van der Waals surface area (Å²) in [5, 5.41) is 0. The summed E-state index contributed by atoms with van der Waals surface area (Å²) in [6.07, 6.45) is 2.45. The fourth-order valence-corrected chi connectivity index (χ4v) is 1.27. The van der Waals surface area contributed by atoms with Gasteiger partial charge in [-0.2, -0.15) is 0 Å². The predicted molar refractivity (Wildman–Crippen MR) is 41.6 cm³/mol. The van der Waals surface area contributed by atoms with Crippen molar-refractivity contribution in [2.75, 3.05) is 19.8 Å². The Hall–Kier alpha value is -0.580. The normalized spacial score (nSPS) is 12.3.